The van der Waals surface area contributed by atoms with Crippen LogP contribution in [0.3, 0.4) is 0 Å². The second-order valence-electron chi connectivity index (χ2n) is 11.0. The molecule has 3 aromatic rings. The van der Waals surface area contributed by atoms with Gasteiger partial charge < -0.3 is 10.1 Å². The van der Waals surface area contributed by atoms with Crippen LogP contribution in [0.2, 0.25) is 0 Å². The first-order valence-corrected chi connectivity index (χ1v) is 13.8. The number of hydrogen-bond acceptors (Lipinski definition) is 7. The number of hydrogen-bond donors (Lipinski definition) is 1. The van der Waals surface area contributed by atoms with Gasteiger partial charge in [-0.2, -0.15) is 0 Å². The fraction of sp³-hybridized carbons (Fsp3) is 0.500. The molecule has 37 heavy (non-hydrogen) atoms. The van der Waals surface area contributed by atoms with Crippen molar-refractivity contribution in [3.05, 3.63) is 63.0 Å². The number of benzene rings is 1. The second kappa shape index (κ2) is 10.0. The fourth-order valence-corrected chi connectivity index (χ4v) is 6.24. The highest BCUT2D eigenvalue weighted by Gasteiger charge is 2.27. The van der Waals surface area contributed by atoms with Crippen LogP contribution in [0.15, 0.2) is 29.3 Å². The molecule has 5 rings (SSSR count). The molecule has 2 aliphatic heterocycles. The monoisotopic (exact) mass is 520 g/mol. The molecule has 2 aromatic heterocycles. The third kappa shape index (κ3) is 5.48. The van der Waals surface area contributed by atoms with Gasteiger partial charge in [0.2, 0.25) is 0 Å². The van der Waals surface area contributed by atoms with Crippen LogP contribution in [0.5, 0.6) is 0 Å². The van der Waals surface area contributed by atoms with E-state index in [1.165, 1.54) is 21.6 Å². The molecule has 1 N–H and O–H groups in total. The molecule has 1 fully saturated rings. The Labute approximate surface area is 222 Å². The number of ether oxygens (including phenoxy) is 1. The molecule has 8 nitrogen and oxygen atoms in total. The van der Waals surface area contributed by atoms with Gasteiger partial charge in [-0.3, -0.25) is 14.5 Å². The number of alkyl carbamates (subject to hydrolysis) is 1. The molecule has 196 valence electrons. The largest absolute Gasteiger partial charge is 0.444 e. The first-order chi connectivity index (χ1) is 17.6. The van der Waals surface area contributed by atoms with E-state index in [4.69, 9.17) is 9.73 Å². The van der Waals surface area contributed by atoms with E-state index in [0.29, 0.717) is 6.54 Å². The predicted octanol–water partition coefficient (Wildman–Crippen LogP) is 5.09. The lowest BCUT2D eigenvalue weighted by Crippen LogP contribution is -2.45. The molecule has 0 bridgehead atoms. The molecule has 1 saturated heterocycles. The normalized spacial score (nSPS) is 16.5. The lowest BCUT2D eigenvalue weighted by Gasteiger charge is -2.32. The first kappa shape index (κ1) is 25.6. The molecule has 0 radical (unpaired) electrons. The summed E-state index contributed by atoms with van der Waals surface area (Å²) in [5.41, 5.74) is 5.43. The zero-order chi connectivity index (χ0) is 26.3. The average molecular weight is 521 g/mol. The molecule has 1 amide bonds. The van der Waals surface area contributed by atoms with Crippen molar-refractivity contribution in [2.75, 3.05) is 13.1 Å². The number of thiophene rings is 1. The summed E-state index contributed by atoms with van der Waals surface area (Å²) in [5.74, 6) is 1.78. The van der Waals surface area contributed by atoms with Gasteiger partial charge in [0.15, 0.2) is 5.82 Å². The van der Waals surface area contributed by atoms with Crippen LogP contribution in [0.1, 0.15) is 72.4 Å². The van der Waals surface area contributed by atoms with Gasteiger partial charge in [0.05, 0.1) is 5.71 Å². The predicted molar refractivity (Wildman–Crippen MR) is 147 cm³/mol. The van der Waals surface area contributed by atoms with Crippen LogP contribution < -0.4 is 5.32 Å². The minimum Gasteiger partial charge on any atom is -0.444 e. The molecule has 4 heterocycles. The standard InChI is InChI=1S/C28H36N6O2S/c1-17-18(2)37-26-24(17)25(29-15-23-32-31-19(3)34(23)26)21-9-7-20(8-10-21)16-33-13-11-22(12-14-33)30-27(35)36-28(4,5)6/h7-10,22H,11-16H2,1-6H3,(H,30,35). The van der Waals surface area contributed by atoms with Gasteiger partial charge in [0, 0.05) is 41.7 Å². The zero-order valence-electron chi connectivity index (χ0n) is 22.6. The number of likely N-dealkylation sites (tertiary alicyclic amines) is 1. The second-order valence-corrected chi connectivity index (χ2v) is 12.2. The van der Waals surface area contributed by atoms with Crippen molar-refractivity contribution in [2.24, 2.45) is 4.99 Å². The van der Waals surface area contributed by atoms with E-state index < -0.39 is 5.60 Å². The van der Waals surface area contributed by atoms with E-state index in [2.05, 4.69) is 63.1 Å². The Kier molecular flexibility index (Phi) is 6.93. The number of aryl methyl sites for hydroxylation is 2. The molecule has 0 aliphatic carbocycles. The lowest BCUT2D eigenvalue weighted by molar-refractivity contribution is 0.0477. The smallest absolute Gasteiger partial charge is 0.407 e. The molecule has 9 heteroatoms. The summed E-state index contributed by atoms with van der Waals surface area (Å²) < 4.78 is 7.56. The van der Waals surface area contributed by atoms with Gasteiger partial charge in [0.25, 0.3) is 0 Å². The number of aromatic nitrogens is 3. The van der Waals surface area contributed by atoms with Crippen LogP contribution in [0.25, 0.3) is 5.00 Å². The van der Waals surface area contributed by atoms with E-state index in [-0.39, 0.29) is 12.1 Å². The molecule has 0 saturated carbocycles. The van der Waals surface area contributed by atoms with Gasteiger partial charge in [-0.25, -0.2) is 4.79 Å². The van der Waals surface area contributed by atoms with Crippen molar-refractivity contribution in [2.45, 2.75) is 79.1 Å². The highest BCUT2D eigenvalue weighted by Crippen LogP contribution is 2.36. The van der Waals surface area contributed by atoms with Crippen molar-refractivity contribution in [3.8, 4) is 5.00 Å². The maximum Gasteiger partial charge on any atom is 0.407 e. The summed E-state index contributed by atoms with van der Waals surface area (Å²) in [4.78, 5) is 20.8. The third-order valence-corrected chi connectivity index (χ3v) is 8.21. The van der Waals surface area contributed by atoms with Crippen LogP contribution in [-0.4, -0.2) is 56.2 Å². The van der Waals surface area contributed by atoms with Crippen molar-refractivity contribution >= 4 is 23.1 Å². The highest BCUT2D eigenvalue weighted by atomic mass is 32.1. The minimum atomic E-state index is -0.472. The Morgan fingerprint density at radius 3 is 2.49 bits per heavy atom. The SMILES string of the molecule is Cc1sc2c(c1C)C(c1ccc(CN3CCC(NC(=O)OC(C)(C)C)CC3)cc1)=NCc1nnc(C)n1-2. The van der Waals surface area contributed by atoms with Gasteiger partial charge >= 0.3 is 6.09 Å². The van der Waals surface area contributed by atoms with Crippen LogP contribution in [-0.2, 0) is 17.8 Å². The van der Waals surface area contributed by atoms with Gasteiger partial charge in [-0.1, -0.05) is 24.3 Å². The van der Waals surface area contributed by atoms with E-state index in [9.17, 15) is 4.79 Å². The maximum absolute atomic E-state index is 12.1. The Bertz CT molecular complexity index is 1320. The number of fused-ring (bicyclic) bond motifs is 3. The quantitative estimate of drug-likeness (QED) is 0.518. The van der Waals surface area contributed by atoms with Crippen molar-refractivity contribution < 1.29 is 9.53 Å². The minimum absolute atomic E-state index is 0.168. The van der Waals surface area contributed by atoms with Crippen molar-refractivity contribution in [1.82, 2.24) is 25.0 Å². The summed E-state index contributed by atoms with van der Waals surface area (Å²) in [6.45, 7) is 15.3. The van der Waals surface area contributed by atoms with Crippen molar-refractivity contribution in [1.29, 1.82) is 0 Å². The number of piperidine rings is 1. The molecule has 1 aromatic carbocycles. The van der Waals surface area contributed by atoms with Crippen molar-refractivity contribution in [3.63, 3.8) is 0 Å². The summed E-state index contributed by atoms with van der Waals surface area (Å²) in [6, 6.07) is 8.99. The summed E-state index contributed by atoms with van der Waals surface area (Å²) in [6.07, 6.45) is 1.53. The Hall–Kier alpha value is -3.04. The summed E-state index contributed by atoms with van der Waals surface area (Å²) in [7, 11) is 0. The van der Waals surface area contributed by atoms with Crippen LogP contribution in [0, 0.1) is 20.8 Å². The number of nitrogens with zero attached hydrogens (tertiary/aromatic N) is 5. The number of nitrogens with one attached hydrogen (secondary N) is 1. The molecule has 2 aliphatic rings. The average Bonchev–Trinajstić information content (AvgIpc) is 3.28. The number of aliphatic imine (C=N–C) groups is 1. The van der Waals surface area contributed by atoms with Crippen LogP contribution in [0.4, 0.5) is 4.79 Å². The lowest BCUT2D eigenvalue weighted by atomic mass is 9.98. The number of carbonyl (C=O) groups excluding carboxylic acids is 1. The zero-order valence-corrected chi connectivity index (χ0v) is 23.4. The number of carbonyl (C=O) groups is 1. The molecular weight excluding hydrogens is 484 g/mol. The molecule has 0 atom stereocenters. The third-order valence-electron chi connectivity index (χ3n) is 7.02. The topological polar surface area (TPSA) is 84.6 Å². The van der Waals surface area contributed by atoms with Gasteiger partial charge in [0.1, 0.15) is 23.0 Å². The summed E-state index contributed by atoms with van der Waals surface area (Å²) in [5, 5.41) is 12.9. The molecular formula is C28H36N6O2S. The Balaban J connectivity index is 1.25. The van der Waals surface area contributed by atoms with E-state index in [0.717, 1.165) is 60.4 Å². The van der Waals surface area contributed by atoms with E-state index in [1.54, 1.807) is 11.3 Å². The fourth-order valence-electron chi connectivity index (χ4n) is 5.02. The number of amides is 1. The highest BCUT2D eigenvalue weighted by molar-refractivity contribution is 7.15. The van der Waals surface area contributed by atoms with Crippen LogP contribution >= 0.6 is 11.3 Å². The number of rotatable bonds is 4. The Morgan fingerprint density at radius 1 is 1.11 bits per heavy atom. The van der Waals surface area contributed by atoms with E-state index >= 15 is 0 Å². The Morgan fingerprint density at radius 2 is 1.81 bits per heavy atom. The van der Waals surface area contributed by atoms with Gasteiger partial charge in [-0.05, 0) is 65.5 Å². The van der Waals surface area contributed by atoms with Gasteiger partial charge in [-0.15, -0.1) is 21.5 Å². The summed E-state index contributed by atoms with van der Waals surface area (Å²) >= 11 is 1.78. The first-order valence-electron chi connectivity index (χ1n) is 13.0. The molecule has 0 unspecified atom stereocenters. The van der Waals surface area contributed by atoms with E-state index in [1.807, 2.05) is 27.7 Å². The molecule has 0 spiro atoms. The maximum atomic E-state index is 12.1.